The van der Waals surface area contributed by atoms with Gasteiger partial charge in [-0.05, 0) is 42.7 Å². The highest BCUT2D eigenvalue weighted by Gasteiger charge is 2.19. The van der Waals surface area contributed by atoms with Crippen molar-refractivity contribution in [3.05, 3.63) is 35.5 Å². The quantitative estimate of drug-likeness (QED) is 0.809. The molecule has 0 atom stereocenters. The van der Waals surface area contributed by atoms with Crippen molar-refractivity contribution in [2.24, 2.45) is 0 Å². The number of ether oxygens (including phenoxy) is 2. The van der Waals surface area contributed by atoms with Crippen LogP contribution >= 0.6 is 0 Å². The molecule has 0 radical (unpaired) electrons. The molecule has 3 rings (SSSR count). The van der Waals surface area contributed by atoms with Gasteiger partial charge in [-0.1, -0.05) is 0 Å². The number of hydrogen-bond acceptors (Lipinski definition) is 2. The van der Waals surface area contributed by atoms with Gasteiger partial charge in [-0.3, -0.25) is 0 Å². The van der Waals surface area contributed by atoms with Crippen molar-refractivity contribution in [1.29, 1.82) is 0 Å². The van der Waals surface area contributed by atoms with Crippen molar-refractivity contribution >= 4 is 0 Å². The average molecular weight is 243 g/mol. The molecule has 0 aliphatic carbocycles. The molecule has 0 N–H and O–H groups in total. The molecule has 18 heavy (non-hydrogen) atoms. The van der Waals surface area contributed by atoms with E-state index in [1.54, 1.807) is 14.2 Å². The second kappa shape index (κ2) is 4.09. The minimum atomic E-state index is 0.795. The highest BCUT2D eigenvalue weighted by molar-refractivity contribution is 5.71. The monoisotopic (exact) mass is 243 g/mol. The van der Waals surface area contributed by atoms with Crippen LogP contribution in [-0.4, -0.2) is 18.8 Å². The van der Waals surface area contributed by atoms with Gasteiger partial charge in [0.05, 0.1) is 14.2 Å². The van der Waals surface area contributed by atoms with E-state index in [1.807, 2.05) is 0 Å². The van der Waals surface area contributed by atoms with Gasteiger partial charge < -0.3 is 14.0 Å². The summed E-state index contributed by atoms with van der Waals surface area (Å²) < 4.78 is 13.1. The van der Waals surface area contributed by atoms with Gasteiger partial charge in [-0.2, -0.15) is 0 Å². The molecule has 3 heteroatoms. The molecule has 0 unspecified atom stereocenters. The molecule has 0 bridgehead atoms. The number of nitrogens with zero attached hydrogens (tertiary/aromatic N) is 1. The molecular formula is C15H17NO2. The van der Waals surface area contributed by atoms with E-state index >= 15 is 0 Å². The van der Waals surface area contributed by atoms with E-state index < -0.39 is 0 Å². The Hall–Kier alpha value is -1.90. The van der Waals surface area contributed by atoms with Crippen LogP contribution in [0.1, 0.15) is 11.1 Å². The summed E-state index contributed by atoms with van der Waals surface area (Å²) >= 11 is 0. The molecule has 1 aliphatic heterocycles. The van der Waals surface area contributed by atoms with E-state index in [0.29, 0.717) is 0 Å². The van der Waals surface area contributed by atoms with E-state index in [4.69, 9.17) is 9.47 Å². The lowest BCUT2D eigenvalue weighted by atomic mass is 9.97. The standard InChI is InChI=1S/C15H17NO2/c1-10-6-13-12-8-15(18-3)14(17-2)7-11(12)4-5-16(13)9-10/h6-9H,4-5H2,1-3H3. The Labute approximate surface area is 107 Å². The largest absolute Gasteiger partial charge is 0.493 e. The van der Waals surface area contributed by atoms with Gasteiger partial charge in [0.15, 0.2) is 11.5 Å². The maximum atomic E-state index is 5.39. The van der Waals surface area contributed by atoms with Crippen LogP contribution in [0.15, 0.2) is 24.4 Å². The minimum Gasteiger partial charge on any atom is -0.493 e. The van der Waals surface area contributed by atoms with E-state index in [0.717, 1.165) is 24.5 Å². The van der Waals surface area contributed by atoms with Gasteiger partial charge >= 0.3 is 0 Å². The SMILES string of the molecule is COc1cc2c(cc1OC)-c1cc(C)cn1CC2. The molecule has 0 amide bonds. The zero-order valence-electron chi connectivity index (χ0n) is 11.0. The molecule has 94 valence electrons. The Morgan fingerprint density at radius 1 is 1.06 bits per heavy atom. The van der Waals surface area contributed by atoms with Crippen LogP contribution in [-0.2, 0) is 13.0 Å². The number of hydrogen-bond donors (Lipinski definition) is 0. The van der Waals surface area contributed by atoms with Crippen LogP contribution in [0.25, 0.3) is 11.3 Å². The summed E-state index contributed by atoms with van der Waals surface area (Å²) in [6.07, 6.45) is 3.24. The summed E-state index contributed by atoms with van der Waals surface area (Å²) in [6.45, 7) is 3.16. The topological polar surface area (TPSA) is 23.4 Å². The fourth-order valence-electron chi connectivity index (χ4n) is 2.68. The number of aryl methyl sites for hydroxylation is 3. The van der Waals surface area contributed by atoms with Crippen LogP contribution in [0.3, 0.4) is 0 Å². The van der Waals surface area contributed by atoms with Gasteiger partial charge in [0.25, 0.3) is 0 Å². The second-order valence-electron chi connectivity index (χ2n) is 4.71. The summed E-state index contributed by atoms with van der Waals surface area (Å²) in [5.74, 6) is 1.61. The van der Waals surface area contributed by atoms with Crippen molar-refractivity contribution in [2.75, 3.05) is 14.2 Å². The van der Waals surface area contributed by atoms with Gasteiger partial charge in [-0.15, -0.1) is 0 Å². The third kappa shape index (κ3) is 1.58. The van der Waals surface area contributed by atoms with Gasteiger partial charge in [0, 0.05) is 24.0 Å². The average Bonchev–Trinajstić information content (AvgIpc) is 2.77. The third-order valence-electron chi connectivity index (χ3n) is 3.54. The van der Waals surface area contributed by atoms with Crippen molar-refractivity contribution in [1.82, 2.24) is 4.57 Å². The Kier molecular flexibility index (Phi) is 2.54. The first-order chi connectivity index (χ1) is 8.72. The fraction of sp³-hybridized carbons (Fsp3) is 0.333. The Morgan fingerprint density at radius 2 is 1.78 bits per heavy atom. The molecule has 0 fully saturated rings. The van der Waals surface area contributed by atoms with E-state index in [9.17, 15) is 0 Å². The van der Waals surface area contributed by atoms with Crippen molar-refractivity contribution in [3.8, 4) is 22.8 Å². The first-order valence-corrected chi connectivity index (χ1v) is 6.15. The fourth-order valence-corrected chi connectivity index (χ4v) is 2.68. The highest BCUT2D eigenvalue weighted by atomic mass is 16.5. The number of rotatable bonds is 2. The Morgan fingerprint density at radius 3 is 2.50 bits per heavy atom. The summed E-state index contributed by atoms with van der Waals surface area (Å²) in [4.78, 5) is 0. The van der Waals surface area contributed by atoms with Crippen LogP contribution in [0.5, 0.6) is 11.5 Å². The molecule has 0 spiro atoms. The van der Waals surface area contributed by atoms with Crippen LogP contribution in [0, 0.1) is 6.92 Å². The Balaban J connectivity index is 2.20. The van der Waals surface area contributed by atoms with Gasteiger partial charge in [0.1, 0.15) is 0 Å². The first-order valence-electron chi connectivity index (χ1n) is 6.15. The molecule has 3 nitrogen and oxygen atoms in total. The summed E-state index contributed by atoms with van der Waals surface area (Å²) in [6, 6.07) is 6.41. The maximum Gasteiger partial charge on any atom is 0.161 e. The van der Waals surface area contributed by atoms with Crippen molar-refractivity contribution < 1.29 is 9.47 Å². The normalized spacial score (nSPS) is 12.8. The lowest BCUT2D eigenvalue weighted by molar-refractivity contribution is 0.354. The molecule has 2 aromatic rings. The molecule has 1 aromatic heterocycles. The molecule has 1 aromatic carbocycles. The van der Waals surface area contributed by atoms with E-state index in [-0.39, 0.29) is 0 Å². The van der Waals surface area contributed by atoms with Crippen molar-refractivity contribution in [2.45, 2.75) is 19.9 Å². The van der Waals surface area contributed by atoms with Gasteiger partial charge in [0.2, 0.25) is 0 Å². The zero-order valence-corrected chi connectivity index (χ0v) is 11.0. The molecule has 0 saturated heterocycles. The molecule has 1 aliphatic rings. The number of fused-ring (bicyclic) bond motifs is 3. The Bertz CT molecular complexity index is 599. The number of aromatic nitrogens is 1. The summed E-state index contributed by atoms with van der Waals surface area (Å²) in [5, 5.41) is 0. The minimum absolute atomic E-state index is 0.795. The van der Waals surface area contributed by atoms with Crippen LogP contribution in [0.2, 0.25) is 0 Å². The molecular weight excluding hydrogens is 226 g/mol. The second-order valence-corrected chi connectivity index (χ2v) is 4.71. The number of methoxy groups -OCH3 is 2. The van der Waals surface area contributed by atoms with E-state index in [1.165, 1.54) is 22.4 Å². The third-order valence-corrected chi connectivity index (χ3v) is 3.54. The van der Waals surface area contributed by atoms with Crippen LogP contribution in [0.4, 0.5) is 0 Å². The molecule has 2 heterocycles. The number of benzene rings is 1. The zero-order chi connectivity index (χ0) is 12.7. The highest BCUT2D eigenvalue weighted by Crippen LogP contribution is 2.38. The first kappa shape index (κ1) is 11.2. The lowest BCUT2D eigenvalue weighted by Gasteiger charge is -2.21. The predicted octanol–water partition coefficient (Wildman–Crippen LogP) is 3.04. The maximum absolute atomic E-state index is 5.39. The summed E-state index contributed by atoms with van der Waals surface area (Å²) in [5.41, 5.74) is 5.16. The smallest absolute Gasteiger partial charge is 0.161 e. The van der Waals surface area contributed by atoms with Gasteiger partial charge in [-0.25, -0.2) is 0 Å². The predicted molar refractivity (Wildman–Crippen MR) is 71.4 cm³/mol. The molecule has 0 saturated carbocycles. The van der Waals surface area contributed by atoms with Crippen molar-refractivity contribution in [3.63, 3.8) is 0 Å². The van der Waals surface area contributed by atoms with Crippen LogP contribution < -0.4 is 9.47 Å². The summed E-state index contributed by atoms with van der Waals surface area (Å²) in [7, 11) is 3.36. The van der Waals surface area contributed by atoms with E-state index in [2.05, 4.69) is 35.9 Å². The lowest BCUT2D eigenvalue weighted by Crippen LogP contribution is -2.10.